The maximum atomic E-state index is 11.8. The number of nitrogens with zero attached hydrogens (tertiary/aromatic N) is 3. The minimum Gasteiger partial charge on any atom is -0.462 e. The molecule has 0 aliphatic heterocycles. The summed E-state index contributed by atoms with van der Waals surface area (Å²) in [7, 11) is 0. The lowest BCUT2D eigenvalue weighted by Crippen LogP contribution is -2.07. The number of anilines is 5. The minimum atomic E-state index is -0.594. The third-order valence-electron chi connectivity index (χ3n) is 4.13. The van der Waals surface area contributed by atoms with E-state index in [1.54, 1.807) is 55.5 Å². The zero-order valence-corrected chi connectivity index (χ0v) is 17.3. The average Bonchev–Trinajstić information content (AvgIpc) is 2.75. The van der Waals surface area contributed by atoms with Gasteiger partial charge >= 0.3 is 11.7 Å². The van der Waals surface area contributed by atoms with Crippen LogP contribution in [-0.2, 0) is 9.53 Å². The third-order valence-corrected chi connectivity index (χ3v) is 4.13. The molecule has 0 saturated heterocycles. The molecule has 0 bridgehead atoms. The van der Waals surface area contributed by atoms with Gasteiger partial charge in [0.2, 0.25) is 17.5 Å². The number of carbonyl (C=O) groups excluding carboxylic acids is 2. The Balaban J connectivity index is 1.82. The summed E-state index contributed by atoms with van der Waals surface area (Å²) in [4.78, 5) is 42.0. The number of nitrogens with one attached hydrogen (secondary N) is 3. The van der Waals surface area contributed by atoms with Crippen LogP contribution < -0.4 is 16.0 Å². The molecule has 2 aromatic carbocycles. The summed E-state index contributed by atoms with van der Waals surface area (Å²) in [6.45, 7) is 3.37. The summed E-state index contributed by atoms with van der Waals surface area (Å²) < 4.78 is 4.94. The molecule has 0 unspecified atom stereocenters. The number of hydrogen-bond acceptors (Lipinski definition) is 9. The van der Waals surface area contributed by atoms with E-state index in [0.717, 1.165) is 0 Å². The van der Waals surface area contributed by atoms with Gasteiger partial charge in [-0.25, -0.2) is 14.8 Å². The summed E-state index contributed by atoms with van der Waals surface area (Å²) in [5, 5.41) is 20.2. The van der Waals surface area contributed by atoms with Crippen LogP contribution in [-0.4, -0.2) is 33.4 Å². The Bertz CT molecular complexity index is 1130. The van der Waals surface area contributed by atoms with Gasteiger partial charge in [0.25, 0.3) is 0 Å². The van der Waals surface area contributed by atoms with Crippen molar-refractivity contribution in [2.24, 2.45) is 0 Å². The van der Waals surface area contributed by atoms with Crippen LogP contribution in [0.3, 0.4) is 0 Å². The lowest BCUT2D eigenvalue weighted by molar-refractivity contribution is -0.383. The molecule has 0 fully saturated rings. The average molecular weight is 436 g/mol. The van der Waals surface area contributed by atoms with E-state index >= 15 is 0 Å². The van der Waals surface area contributed by atoms with Gasteiger partial charge in [-0.05, 0) is 55.5 Å². The molecule has 0 spiro atoms. The van der Waals surface area contributed by atoms with Crippen LogP contribution in [0.25, 0.3) is 0 Å². The lowest BCUT2D eigenvalue weighted by atomic mass is 10.2. The van der Waals surface area contributed by atoms with Gasteiger partial charge in [-0.3, -0.25) is 14.9 Å². The number of ether oxygens (including phenoxy) is 1. The number of nitro groups is 1. The second-order valence-electron chi connectivity index (χ2n) is 6.48. The summed E-state index contributed by atoms with van der Waals surface area (Å²) >= 11 is 0. The molecule has 0 aliphatic rings. The molecule has 164 valence electrons. The molecule has 0 atom stereocenters. The van der Waals surface area contributed by atoms with Crippen molar-refractivity contribution in [1.29, 1.82) is 0 Å². The van der Waals surface area contributed by atoms with Crippen LogP contribution in [0.2, 0.25) is 0 Å². The molecule has 1 amide bonds. The maximum Gasteiger partial charge on any atom is 0.353 e. The van der Waals surface area contributed by atoms with E-state index in [4.69, 9.17) is 4.74 Å². The van der Waals surface area contributed by atoms with E-state index in [-0.39, 0.29) is 29.8 Å². The van der Waals surface area contributed by atoms with Crippen molar-refractivity contribution in [3.05, 3.63) is 70.5 Å². The topological polar surface area (TPSA) is 148 Å². The van der Waals surface area contributed by atoms with Crippen molar-refractivity contribution in [3.63, 3.8) is 0 Å². The second-order valence-corrected chi connectivity index (χ2v) is 6.48. The van der Waals surface area contributed by atoms with Gasteiger partial charge in [0.15, 0.2) is 0 Å². The van der Waals surface area contributed by atoms with Crippen LogP contribution in [0, 0.1) is 10.1 Å². The highest BCUT2D eigenvalue weighted by molar-refractivity contribution is 5.90. The van der Waals surface area contributed by atoms with Gasteiger partial charge in [0, 0.05) is 24.0 Å². The van der Waals surface area contributed by atoms with Crippen LogP contribution in [0.4, 0.5) is 34.4 Å². The number of rotatable bonds is 8. The van der Waals surface area contributed by atoms with Crippen molar-refractivity contribution < 1.29 is 19.2 Å². The number of aromatic nitrogens is 2. The number of amides is 1. The van der Waals surface area contributed by atoms with Crippen molar-refractivity contribution >= 4 is 46.3 Å². The van der Waals surface area contributed by atoms with Gasteiger partial charge in [0.05, 0.1) is 17.1 Å². The van der Waals surface area contributed by atoms with E-state index in [9.17, 15) is 19.7 Å². The Labute approximate surface area is 183 Å². The normalized spacial score (nSPS) is 10.2. The molecule has 0 radical (unpaired) electrons. The Morgan fingerprint density at radius 2 is 1.44 bits per heavy atom. The molecule has 3 rings (SSSR count). The van der Waals surface area contributed by atoms with Crippen molar-refractivity contribution in [3.8, 4) is 0 Å². The van der Waals surface area contributed by atoms with Crippen molar-refractivity contribution in [2.75, 3.05) is 22.6 Å². The van der Waals surface area contributed by atoms with Crippen LogP contribution in [0.1, 0.15) is 24.2 Å². The molecule has 11 nitrogen and oxygen atoms in total. The molecular formula is C21H20N6O5. The predicted octanol–water partition coefficient (Wildman–Crippen LogP) is 4.01. The Morgan fingerprint density at radius 3 is 1.91 bits per heavy atom. The first kappa shape index (κ1) is 22.2. The molecular weight excluding hydrogens is 416 g/mol. The van der Waals surface area contributed by atoms with Gasteiger partial charge in [0.1, 0.15) is 6.33 Å². The fraction of sp³-hybridized carbons (Fsp3) is 0.143. The lowest BCUT2D eigenvalue weighted by Gasteiger charge is -2.11. The monoisotopic (exact) mass is 436 g/mol. The number of hydrogen-bond donors (Lipinski definition) is 3. The van der Waals surface area contributed by atoms with E-state index in [1.807, 2.05) is 0 Å². The number of esters is 1. The fourth-order valence-electron chi connectivity index (χ4n) is 2.75. The summed E-state index contributed by atoms with van der Waals surface area (Å²) in [5.74, 6) is -0.694. The molecule has 0 saturated carbocycles. The first-order chi connectivity index (χ1) is 15.4. The zero-order chi connectivity index (χ0) is 23.1. The standard InChI is InChI=1S/C21H20N6O5/c1-3-32-21(29)14-4-6-16(7-5-14)25-19-18(27(30)31)20(23-12-22-19)26-17-10-8-15(9-11-17)24-13(2)28/h4-12H,3H2,1-2H3,(H,24,28)(H2,22,23,25,26). The third kappa shape index (κ3) is 5.53. The zero-order valence-electron chi connectivity index (χ0n) is 17.3. The van der Waals surface area contributed by atoms with E-state index in [1.165, 1.54) is 13.3 Å². The van der Waals surface area contributed by atoms with Crippen LogP contribution >= 0.6 is 0 Å². The van der Waals surface area contributed by atoms with E-state index in [2.05, 4.69) is 25.9 Å². The highest BCUT2D eigenvalue weighted by Crippen LogP contribution is 2.33. The van der Waals surface area contributed by atoms with Crippen LogP contribution in [0.5, 0.6) is 0 Å². The molecule has 1 heterocycles. The van der Waals surface area contributed by atoms with Gasteiger partial charge in [-0.2, -0.15) is 0 Å². The van der Waals surface area contributed by atoms with Gasteiger partial charge in [-0.1, -0.05) is 0 Å². The summed E-state index contributed by atoms with van der Waals surface area (Å²) in [5.41, 5.74) is 1.62. The second kappa shape index (κ2) is 9.98. The molecule has 32 heavy (non-hydrogen) atoms. The molecule has 0 aliphatic carbocycles. The molecule has 1 aromatic heterocycles. The predicted molar refractivity (Wildman–Crippen MR) is 118 cm³/mol. The maximum absolute atomic E-state index is 11.8. The highest BCUT2D eigenvalue weighted by atomic mass is 16.6. The van der Waals surface area contributed by atoms with E-state index in [0.29, 0.717) is 22.6 Å². The largest absolute Gasteiger partial charge is 0.462 e. The Kier molecular flexibility index (Phi) is 6.91. The van der Waals surface area contributed by atoms with Crippen molar-refractivity contribution in [1.82, 2.24) is 9.97 Å². The molecule has 11 heteroatoms. The summed E-state index contributed by atoms with van der Waals surface area (Å²) in [6, 6.07) is 12.9. The highest BCUT2D eigenvalue weighted by Gasteiger charge is 2.23. The molecule has 3 aromatic rings. The van der Waals surface area contributed by atoms with Crippen molar-refractivity contribution in [2.45, 2.75) is 13.8 Å². The first-order valence-electron chi connectivity index (χ1n) is 9.55. The van der Waals surface area contributed by atoms with Crippen LogP contribution in [0.15, 0.2) is 54.9 Å². The fourth-order valence-corrected chi connectivity index (χ4v) is 2.75. The van der Waals surface area contributed by atoms with E-state index < -0.39 is 10.9 Å². The SMILES string of the molecule is CCOC(=O)c1ccc(Nc2ncnc(Nc3ccc(NC(C)=O)cc3)c2[N+](=O)[O-])cc1. The molecule has 3 N–H and O–H groups in total. The van der Waals surface area contributed by atoms with Gasteiger partial charge in [-0.15, -0.1) is 0 Å². The van der Waals surface area contributed by atoms with Gasteiger partial charge < -0.3 is 20.7 Å². The Morgan fingerprint density at radius 1 is 0.938 bits per heavy atom. The first-order valence-corrected chi connectivity index (χ1v) is 9.55. The Hall–Kier alpha value is -4.54. The smallest absolute Gasteiger partial charge is 0.353 e. The minimum absolute atomic E-state index is 0.0112. The quantitative estimate of drug-likeness (QED) is 0.270. The summed E-state index contributed by atoms with van der Waals surface area (Å²) in [6.07, 6.45) is 1.19. The number of carbonyl (C=O) groups is 2. The number of benzene rings is 2.